The minimum atomic E-state index is -0.245. The fourth-order valence-electron chi connectivity index (χ4n) is 3.03. The number of anilines is 1. The quantitative estimate of drug-likeness (QED) is 0.405. The number of nitrogens with one attached hydrogen (secondary N) is 1. The van der Waals surface area contributed by atoms with Gasteiger partial charge in [0.2, 0.25) is 4.96 Å². The van der Waals surface area contributed by atoms with E-state index in [2.05, 4.69) is 27.5 Å². The zero-order valence-electron chi connectivity index (χ0n) is 17.6. The fourth-order valence-corrected chi connectivity index (χ4v) is 3.91. The van der Waals surface area contributed by atoms with Crippen molar-refractivity contribution in [2.45, 2.75) is 26.7 Å². The minimum Gasteiger partial charge on any atom is -0.495 e. The van der Waals surface area contributed by atoms with Crippen molar-refractivity contribution >= 4 is 27.9 Å². The number of hydrogen-bond donors (Lipinski definition) is 1. The van der Waals surface area contributed by atoms with Gasteiger partial charge in [-0.15, -0.1) is 10.2 Å². The van der Waals surface area contributed by atoms with Crippen molar-refractivity contribution < 1.29 is 14.3 Å². The van der Waals surface area contributed by atoms with Gasteiger partial charge in [-0.05, 0) is 49.7 Å². The van der Waals surface area contributed by atoms with E-state index in [0.717, 1.165) is 29.2 Å². The molecule has 0 saturated carbocycles. The molecule has 0 aliphatic carbocycles. The summed E-state index contributed by atoms with van der Waals surface area (Å²) in [6.07, 6.45) is 2.02. The molecule has 0 spiro atoms. The van der Waals surface area contributed by atoms with Crippen LogP contribution in [0.15, 0.2) is 42.5 Å². The topological polar surface area (TPSA) is 90.6 Å². The maximum atomic E-state index is 12.9. The van der Waals surface area contributed by atoms with Gasteiger partial charge in [0, 0.05) is 11.1 Å². The first-order chi connectivity index (χ1) is 15.1. The molecule has 2 heterocycles. The minimum absolute atomic E-state index is 0.245. The average Bonchev–Trinajstić information content (AvgIpc) is 3.36. The number of unbranched alkanes of at least 4 members (excludes halogenated alkanes) is 1. The van der Waals surface area contributed by atoms with Gasteiger partial charge in [0.05, 0.1) is 19.4 Å². The van der Waals surface area contributed by atoms with E-state index >= 15 is 0 Å². The van der Waals surface area contributed by atoms with E-state index in [1.165, 1.54) is 11.3 Å². The molecule has 0 unspecified atom stereocenters. The van der Waals surface area contributed by atoms with Crippen LogP contribution in [0, 0.1) is 6.92 Å². The lowest BCUT2D eigenvalue weighted by molar-refractivity contribution is 0.102. The molecule has 0 saturated heterocycles. The molecular formula is C22H23N5O3S. The highest BCUT2D eigenvalue weighted by Crippen LogP contribution is 2.33. The van der Waals surface area contributed by atoms with Crippen molar-refractivity contribution in [3.05, 3.63) is 53.9 Å². The smallest absolute Gasteiger partial charge is 0.255 e. The van der Waals surface area contributed by atoms with Gasteiger partial charge in [0.25, 0.3) is 5.91 Å². The van der Waals surface area contributed by atoms with Crippen LogP contribution in [0.3, 0.4) is 0 Å². The van der Waals surface area contributed by atoms with Gasteiger partial charge in [0.1, 0.15) is 16.5 Å². The predicted molar refractivity (Wildman–Crippen MR) is 120 cm³/mol. The second kappa shape index (κ2) is 9.13. The van der Waals surface area contributed by atoms with Gasteiger partial charge < -0.3 is 14.8 Å². The first kappa shape index (κ1) is 20.8. The van der Waals surface area contributed by atoms with Crippen LogP contribution in [0.25, 0.3) is 15.5 Å². The van der Waals surface area contributed by atoms with Crippen LogP contribution in [0.1, 0.15) is 35.9 Å². The Hall–Kier alpha value is -3.46. The van der Waals surface area contributed by atoms with Crippen LogP contribution < -0.4 is 14.8 Å². The lowest BCUT2D eigenvalue weighted by Gasteiger charge is -2.12. The largest absolute Gasteiger partial charge is 0.495 e. The molecule has 2 aromatic carbocycles. The number of carbonyl (C=O) groups is 1. The molecule has 4 aromatic rings. The fraction of sp³-hybridized carbons (Fsp3) is 0.273. The van der Waals surface area contributed by atoms with Crippen molar-refractivity contribution in [1.29, 1.82) is 0 Å². The van der Waals surface area contributed by atoms with E-state index in [-0.39, 0.29) is 5.91 Å². The first-order valence-corrected chi connectivity index (χ1v) is 10.8. The molecule has 0 aliphatic rings. The highest BCUT2D eigenvalue weighted by Gasteiger charge is 2.15. The molecule has 9 heteroatoms. The molecule has 160 valence electrons. The highest BCUT2D eigenvalue weighted by molar-refractivity contribution is 7.19. The summed E-state index contributed by atoms with van der Waals surface area (Å²) in [6.45, 7) is 4.59. The molecule has 4 rings (SSSR count). The SMILES string of the molecule is CCCCOc1cccc(C(=O)Nc2cc(-c3nn4c(C)nnc4s3)ccc2OC)c1. The first-order valence-electron chi connectivity index (χ1n) is 10.0. The van der Waals surface area contributed by atoms with Crippen molar-refractivity contribution in [2.75, 3.05) is 19.0 Å². The Kier molecular flexibility index (Phi) is 6.13. The number of nitrogens with zero attached hydrogens (tertiary/aromatic N) is 4. The monoisotopic (exact) mass is 437 g/mol. The molecule has 0 atom stereocenters. The van der Waals surface area contributed by atoms with Gasteiger partial charge in [-0.2, -0.15) is 9.61 Å². The molecule has 0 fully saturated rings. The Bertz CT molecular complexity index is 1220. The van der Waals surface area contributed by atoms with Crippen LogP contribution in [0.4, 0.5) is 5.69 Å². The molecule has 0 bridgehead atoms. The Balaban J connectivity index is 1.58. The Morgan fingerprint density at radius 3 is 2.84 bits per heavy atom. The maximum absolute atomic E-state index is 12.9. The summed E-state index contributed by atoms with van der Waals surface area (Å²) in [5, 5.41) is 16.4. The second-order valence-corrected chi connectivity index (χ2v) is 7.90. The van der Waals surface area contributed by atoms with Gasteiger partial charge in [-0.25, -0.2) is 0 Å². The molecule has 31 heavy (non-hydrogen) atoms. The molecule has 1 amide bonds. The van der Waals surface area contributed by atoms with Crippen molar-refractivity contribution in [2.24, 2.45) is 0 Å². The van der Waals surface area contributed by atoms with Crippen LogP contribution >= 0.6 is 11.3 Å². The number of amides is 1. The number of fused-ring (bicyclic) bond motifs is 1. The second-order valence-electron chi connectivity index (χ2n) is 6.95. The van der Waals surface area contributed by atoms with Crippen LogP contribution in [-0.4, -0.2) is 39.4 Å². The molecule has 8 nitrogen and oxygen atoms in total. The zero-order valence-corrected chi connectivity index (χ0v) is 18.4. The Labute approximate surface area is 183 Å². The molecule has 0 radical (unpaired) electrons. The third-order valence-corrected chi connectivity index (χ3v) is 5.65. The lowest BCUT2D eigenvalue weighted by Crippen LogP contribution is -2.13. The van der Waals surface area contributed by atoms with Gasteiger partial charge >= 0.3 is 0 Å². The molecular weight excluding hydrogens is 414 g/mol. The Morgan fingerprint density at radius 2 is 2.06 bits per heavy atom. The molecule has 0 aliphatic heterocycles. The Morgan fingerprint density at radius 1 is 1.19 bits per heavy atom. The summed E-state index contributed by atoms with van der Waals surface area (Å²) in [4.78, 5) is 13.6. The number of methoxy groups -OCH3 is 1. The lowest BCUT2D eigenvalue weighted by atomic mass is 10.1. The summed E-state index contributed by atoms with van der Waals surface area (Å²) in [7, 11) is 1.57. The molecule has 2 aromatic heterocycles. The number of benzene rings is 2. The standard InChI is InChI=1S/C22H23N5O3S/c1-4-5-11-30-17-8-6-7-15(12-17)20(28)23-18-13-16(9-10-19(18)29-3)21-26-27-14(2)24-25-22(27)31-21/h6-10,12-13H,4-5,11H2,1-3H3,(H,23,28). The summed E-state index contributed by atoms with van der Waals surface area (Å²) in [5.74, 6) is 1.72. The van der Waals surface area contributed by atoms with Gasteiger partial charge in [-0.3, -0.25) is 4.79 Å². The normalized spacial score (nSPS) is 10.9. The van der Waals surface area contributed by atoms with E-state index in [4.69, 9.17) is 9.47 Å². The van der Waals surface area contributed by atoms with Crippen molar-refractivity contribution in [3.63, 3.8) is 0 Å². The summed E-state index contributed by atoms with van der Waals surface area (Å²) >= 11 is 1.43. The highest BCUT2D eigenvalue weighted by atomic mass is 32.1. The number of hydrogen-bond acceptors (Lipinski definition) is 7. The van der Waals surface area contributed by atoms with Gasteiger partial charge in [-0.1, -0.05) is 30.7 Å². The summed E-state index contributed by atoms with van der Waals surface area (Å²) in [6, 6.07) is 12.7. The van der Waals surface area contributed by atoms with Crippen molar-refractivity contribution in [3.8, 4) is 22.1 Å². The van der Waals surface area contributed by atoms with E-state index in [0.29, 0.717) is 34.3 Å². The number of rotatable bonds is 8. The van der Waals surface area contributed by atoms with E-state index in [1.807, 2.05) is 37.3 Å². The summed E-state index contributed by atoms with van der Waals surface area (Å²) in [5.41, 5.74) is 1.92. The average molecular weight is 438 g/mol. The number of aromatic nitrogens is 4. The van der Waals surface area contributed by atoms with Crippen LogP contribution in [0.5, 0.6) is 11.5 Å². The van der Waals surface area contributed by atoms with E-state index < -0.39 is 0 Å². The van der Waals surface area contributed by atoms with Gasteiger partial charge in [0.15, 0.2) is 5.82 Å². The number of aryl methyl sites for hydroxylation is 1. The predicted octanol–water partition coefficient (Wildman–Crippen LogP) is 4.60. The summed E-state index contributed by atoms with van der Waals surface area (Å²) < 4.78 is 12.9. The van der Waals surface area contributed by atoms with Crippen LogP contribution in [-0.2, 0) is 0 Å². The number of carbonyl (C=O) groups excluding carboxylic acids is 1. The zero-order chi connectivity index (χ0) is 21.8. The number of ether oxygens (including phenoxy) is 2. The van der Waals surface area contributed by atoms with Crippen molar-refractivity contribution in [1.82, 2.24) is 19.8 Å². The van der Waals surface area contributed by atoms with E-state index in [1.54, 1.807) is 23.8 Å². The third-order valence-electron chi connectivity index (χ3n) is 4.70. The van der Waals surface area contributed by atoms with E-state index in [9.17, 15) is 4.79 Å². The third kappa shape index (κ3) is 4.51. The van der Waals surface area contributed by atoms with Crippen LogP contribution in [0.2, 0.25) is 0 Å². The molecule has 1 N–H and O–H groups in total. The maximum Gasteiger partial charge on any atom is 0.255 e.